The minimum atomic E-state index is -0.242. The number of rotatable bonds is 6. The van der Waals surface area contributed by atoms with Gasteiger partial charge < -0.3 is 10.2 Å². The summed E-state index contributed by atoms with van der Waals surface area (Å²) >= 11 is 2.64. The molecule has 25 heavy (non-hydrogen) atoms. The molecule has 0 atom stereocenters. The van der Waals surface area contributed by atoms with Crippen LogP contribution in [0.25, 0.3) is 0 Å². The summed E-state index contributed by atoms with van der Waals surface area (Å²) < 4.78 is 13.8. The van der Waals surface area contributed by atoms with Crippen LogP contribution in [0.1, 0.15) is 22.6 Å². The molecule has 8 heteroatoms. The number of nitrogens with zero attached hydrogens (tertiary/aromatic N) is 2. The second-order valence-electron chi connectivity index (χ2n) is 5.70. The third-order valence-electron chi connectivity index (χ3n) is 3.90. The Bertz CT molecular complexity index is 794. The smallest absolute Gasteiger partial charge is 0.281 e. The molecule has 5 nitrogen and oxygen atoms in total. The number of thiazole rings is 1. The highest BCUT2D eigenvalue weighted by Crippen LogP contribution is 2.26. The normalized spacial score (nSPS) is 14.2. The quantitative estimate of drug-likeness (QED) is 0.832. The van der Waals surface area contributed by atoms with E-state index < -0.39 is 0 Å². The number of carbonyl (C=O) groups excluding carboxylic acids is 2. The summed E-state index contributed by atoms with van der Waals surface area (Å²) in [6.07, 6.45) is 0.694. The molecule has 1 aromatic heterocycles. The molecule has 132 valence electrons. The number of benzene rings is 1. The van der Waals surface area contributed by atoms with Crippen molar-refractivity contribution in [3.05, 3.63) is 46.2 Å². The second kappa shape index (κ2) is 7.97. The van der Waals surface area contributed by atoms with Crippen LogP contribution in [0, 0.1) is 12.7 Å². The van der Waals surface area contributed by atoms with E-state index in [1.807, 2.05) is 6.92 Å². The molecule has 0 aliphatic carbocycles. The largest absolute Gasteiger partial charge is 0.332 e. The molecule has 0 unspecified atom stereocenters. The lowest BCUT2D eigenvalue weighted by atomic mass is 10.1. The van der Waals surface area contributed by atoms with Gasteiger partial charge in [0.1, 0.15) is 5.82 Å². The van der Waals surface area contributed by atoms with Crippen LogP contribution in [0.15, 0.2) is 24.3 Å². The van der Waals surface area contributed by atoms with Crippen LogP contribution in [-0.4, -0.2) is 39.9 Å². The predicted molar refractivity (Wildman–Crippen MR) is 98.7 cm³/mol. The number of amides is 2. The summed E-state index contributed by atoms with van der Waals surface area (Å²) in [6, 6.07) is 6.65. The summed E-state index contributed by atoms with van der Waals surface area (Å²) in [5.74, 6) is 0.371. The van der Waals surface area contributed by atoms with Crippen LogP contribution in [0.5, 0.6) is 0 Å². The van der Waals surface area contributed by atoms with Crippen LogP contribution in [-0.2, 0) is 11.2 Å². The van der Waals surface area contributed by atoms with Crippen molar-refractivity contribution in [1.29, 1.82) is 0 Å². The third-order valence-corrected chi connectivity index (χ3v) is 5.87. The van der Waals surface area contributed by atoms with Crippen LogP contribution in [0.3, 0.4) is 0 Å². The van der Waals surface area contributed by atoms with Gasteiger partial charge in [-0.3, -0.25) is 9.59 Å². The molecule has 1 saturated heterocycles. The van der Waals surface area contributed by atoms with Crippen LogP contribution < -0.4 is 5.32 Å². The number of halogens is 1. The second-order valence-corrected chi connectivity index (χ2v) is 7.83. The Labute approximate surface area is 153 Å². The van der Waals surface area contributed by atoms with Gasteiger partial charge in [0, 0.05) is 36.6 Å². The molecule has 0 radical (unpaired) electrons. The first-order valence-corrected chi connectivity index (χ1v) is 9.74. The minimum Gasteiger partial charge on any atom is -0.332 e. The van der Waals surface area contributed by atoms with Gasteiger partial charge in [0.15, 0.2) is 5.13 Å². The Morgan fingerprint density at radius 3 is 2.92 bits per heavy atom. The zero-order valence-corrected chi connectivity index (χ0v) is 15.4. The fourth-order valence-corrected chi connectivity index (χ4v) is 4.36. The molecule has 1 N–H and O–H groups in total. The van der Waals surface area contributed by atoms with Gasteiger partial charge in [0.25, 0.3) is 5.24 Å². The highest BCUT2D eigenvalue weighted by molar-refractivity contribution is 8.13. The Morgan fingerprint density at radius 1 is 1.40 bits per heavy atom. The number of anilines is 1. The van der Waals surface area contributed by atoms with Crippen molar-refractivity contribution < 1.29 is 14.0 Å². The van der Waals surface area contributed by atoms with E-state index in [0.29, 0.717) is 30.2 Å². The van der Waals surface area contributed by atoms with Crippen molar-refractivity contribution in [3.63, 3.8) is 0 Å². The SMILES string of the molecule is Cc1nc(NC(=O)CCN2CCSC2=O)sc1Cc1ccccc1F. The summed E-state index contributed by atoms with van der Waals surface area (Å²) in [7, 11) is 0. The molecule has 1 fully saturated rings. The van der Waals surface area contributed by atoms with E-state index >= 15 is 0 Å². The summed E-state index contributed by atoms with van der Waals surface area (Å²) in [5.41, 5.74) is 1.40. The summed E-state index contributed by atoms with van der Waals surface area (Å²) in [4.78, 5) is 30.5. The molecule has 2 heterocycles. The summed E-state index contributed by atoms with van der Waals surface area (Å²) in [6.45, 7) is 2.96. The number of hydrogen-bond donors (Lipinski definition) is 1. The first-order chi connectivity index (χ1) is 12.0. The molecule has 0 spiro atoms. The number of aryl methyl sites for hydroxylation is 1. The Kier molecular flexibility index (Phi) is 5.70. The lowest BCUT2D eigenvalue weighted by Gasteiger charge is -2.13. The Morgan fingerprint density at radius 2 is 2.20 bits per heavy atom. The number of hydrogen-bond acceptors (Lipinski definition) is 5. The fraction of sp³-hybridized carbons (Fsp3) is 0.353. The molecule has 1 aliphatic rings. The minimum absolute atomic E-state index is 0.0325. The highest BCUT2D eigenvalue weighted by Gasteiger charge is 2.21. The Hall–Kier alpha value is -1.93. The molecule has 0 saturated carbocycles. The van der Waals surface area contributed by atoms with Gasteiger partial charge in [0.05, 0.1) is 5.69 Å². The molecule has 1 aliphatic heterocycles. The summed E-state index contributed by atoms with van der Waals surface area (Å²) in [5, 5.41) is 3.31. The van der Waals surface area contributed by atoms with E-state index in [1.54, 1.807) is 23.1 Å². The van der Waals surface area contributed by atoms with Gasteiger partial charge in [-0.25, -0.2) is 9.37 Å². The number of thioether (sulfide) groups is 1. The van der Waals surface area contributed by atoms with E-state index in [2.05, 4.69) is 10.3 Å². The van der Waals surface area contributed by atoms with E-state index in [0.717, 1.165) is 16.3 Å². The maximum atomic E-state index is 13.8. The molecule has 0 bridgehead atoms. The first-order valence-electron chi connectivity index (χ1n) is 7.94. The lowest BCUT2D eigenvalue weighted by Crippen LogP contribution is -2.27. The number of nitrogens with one attached hydrogen (secondary N) is 1. The van der Waals surface area contributed by atoms with Crippen LogP contribution in [0.4, 0.5) is 14.3 Å². The molecule has 1 aromatic carbocycles. The van der Waals surface area contributed by atoms with Crippen molar-refractivity contribution in [2.45, 2.75) is 19.8 Å². The topological polar surface area (TPSA) is 62.3 Å². The predicted octanol–water partition coefficient (Wildman–Crippen LogP) is 3.68. The average Bonchev–Trinajstić information content (AvgIpc) is 3.13. The van der Waals surface area contributed by atoms with E-state index in [-0.39, 0.29) is 23.4 Å². The third kappa shape index (κ3) is 4.58. The van der Waals surface area contributed by atoms with Crippen LogP contribution >= 0.6 is 23.1 Å². The zero-order chi connectivity index (χ0) is 17.8. The van der Waals surface area contributed by atoms with Crippen molar-refractivity contribution in [2.75, 3.05) is 24.2 Å². The highest BCUT2D eigenvalue weighted by atomic mass is 32.2. The van der Waals surface area contributed by atoms with E-state index in [1.165, 1.54) is 29.2 Å². The zero-order valence-electron chi connectivity index (χ0n) is 13.8. The van der Waals surface area contributed by atoms with Crippen LogP contribution in [0.2, 0.25) is 0 Å². The molecular weight excluding hydrogens is 361 g/mol. The molecule has 2 amide bonds. The standard InChI is InChI=1S/C17H18FN3O2S2/c1-11-14(10-12-4-2-3-5-13(12)18)25-16(19-11)20-15(22)6-7-21-8-9-24-17(21)23/h2-5H,6-10H2,1H3,(H,19,20,22). The molecule has 3 rings (SSSR count). The number of aromatic nitrogens is 1. The molecular formula is C17H18FN3O2S2. The maximum Gasteiger partial charge on any atom is 0.281 e. The Balaban J connectivity index is 1.57. The van der Waals surface area contributed by atoms with Gasteiger partial charge in [-0.05, 0) is 18.6 Å². The van der Waals surface area contributed by atoms with E-state index in [4.69, 9.17) is 0 Å². The van der Waals surface area contributed by atoms with Gasteiger partial charge in [-0.1, -0.05) is 30.0 Å². The van der Waals surface area contributed by atoms with Crippen molar-refractivity contribution in [3.8, 4) is 0 Å². The molecule has 2 aromatic rings. The monoisotopic (exact) mass is 379 g/mol. The lowest BCUT2D eigenvalue weighted by molar-refractivity contribution is -0.116. The van der Waals surface area contributed by atoms with E-state index in [9.17, 15) is 14.0 Å². The van der Waals surface area contributed by atoms with Gasteiger partial charge in [-0.15, -0.1) is 11.3 Å². The van der Waals surface area contributed by atoms with Gasteiger partial charge in [0.2, 0.25) is 5.91 Å². The van der Waals surface area contributed by atoms with Gasteiger partial charge >= 0.3 is 0 Å². The van der Waals surface area contributed by atoms with Crippen molar-refractivity contribution >= 4 is 39.4 Å². The van der Waals surface area contributed by atoms with Crippen molar-refractivity contribution in [1.82, 2.24) is 9.88 Å². The van der Waals surface area contributed by atoms with Crippen molar-refractivity contribution in [2.24, 2.45) is 0 Å². The number of carbonyl (C=O) groups is 2. The fourth-order valence-electron chi connectivity index (χ4n) is 2.51. The van der Waals surface area contributed by atoms with Gasteiger partial charge in [-0.2, -0.15) is 0 Å². The average molecular weight is 379 g/mol. The first kappa shape index (κ1) is 17.9. The maximum absolute atomic E-state index is 13.8.